The lowest BCUT2D eigenvalue weighted by atomic mass is 9.69. The molecule has 1 aliphatic heterocycles. The quantitative estimate of drug-likeness (QED) is 0.680. The Hall–Kier alpha value is -0.820. The Morgan fingerprint density at radius 2 is 2.20 bits per heavy atom. The minimum absolute atomic E-state index is 0.487. The SMILES string of the molecule is Cc1ccc2c(c1)CCCC21CCNC1. The van der Waals surface area contributed by atoms with Gasteiger partial charge in [0.2, 0.25) is 0 Å². The molecule has 1 spiro atoms. The maximum Gasteiger partial charge on any atom is 0.00926 e. The van der Waals surface area contributed by atoms with E-state index in [9.17, 15) is 0 Å². The van der Waals surface area contributed by atoms with Gasteiger partial charge in [-0.15, -0.1) is 0 Å². The Bertz CT molecular complexity index is 375. The molecule has 1 fully saturated rings. The average molecular weight is 201 g/mol. The topological polar surface area (TPSA) is 12.0 Å². The molecule has 1 atom stereocenters. The smallest absolute Gasteiger partial charge is 0.00926 e. The molecule has 1 heteroatoms. The number of rotatable bonds is 0. The van der Waals surface area contributed by atoms with E-state index in [4.69, 9.17) is 0 Å². The van der Waals surface area contributed by atoms with Crippen LogP contribution in [0, 0.1) is 6.92 Å². The van der Waals surface area contributed by atoms with Crippen LogP contribution in [-0.2, 0) is 11.8 Å². The van der Waals surface area contributed by atoms with Crippen molar-refractivity contribution in [3.8, 4) is 0 Å². The highest BCUT2D eigenvalue weighted by atomic mass is 14.9. The summed E-state index contributed by atoms with van der Waals surface area (Å²) >= 11 is 0. The van der Waals surface area contributed by atoms with Gasteiger partial charge in [-0.05, 0) is 50.3 Å². The van der Waals surface area contributed by atoms with E-state index in [2.05, 4.69) is 30.4 Å². The maximum atomic E-state index is 3.54. The molecular formula is C14H19N. The van der Waals surface area contributed by atoms with Gasteiger partial charge >= 0.3 is 0 Å². The molecule has 0 amide bonds. The summed E-state index contributed by atoms with van der Waals surface area (Å²) in [6, 6.07) is 7.07. The second kappa shape index (κ2) is 3.34. The van der Waals surface area contributed by atoms with Crippen molar-refractivity contribution in [2.45, 2.75) is 38.0 Å². The fourth-order valence-corrected chi connectivity index (χ4v) is 3.39. The molecule has 80 valence electrons. The molecule has 1 aliphatic carbocycles. The average Bonchev–Trinajstić information content (AvgIpc) is 2.67. The van der Waals surface area contributed by atoms with Crippen LogP contribution in [0.4, 0.5) is 0 Å². The van der Waals surface area contributed by atoms with Crippen LogP contribution in [0.2, 0.25) is 0 Å². The summed E-state index contributed by atoms with van der Waals surface area (Å²) in [4.78, 5) is 0. The van der Waals surface area contributed by atoms with Gasteiger partial charge in [0.25, 0.3) is 0 Å². The van der Waals surface area contributed by atoms with E-state index < -0.39 is 0 Å². The second-order valence-electron chi connectivity index (χ2n) is 5.22. The van der Waals surface area contributed by atoms with Crippen LogP contribution in [0.25, 0.3) is 0 Å². The first-order valence-electron chi connectivity index (χ1n) is 6.11. The predicted octanol–water partition coefficient (Wildman–Crippen LogP) is 2.56. The molecule has 0 bridgehead atoms. The van der Waals surface area contributed by atoms with Gasteiger partial charge in [-0.3, -0.25) is 0 Å². The van der Waals surface area contributed by atoms with Gasteiger partial charge in [-0.25, -0.2) is 0 Å². The lowest BCUT2D eigenvalue weighted by molar-refractivity contribution is 0.393. The molecule has 3 rings (SSSR count). The zero-order valence-electron chi connectivity index (χ0n) is 9.47. The molecule has 2 aliphatic rings. The fourth-order valence-electron chi connectivity index (χ4n) is 3.39. The van der Waals surface area contributed by atoms with Gasteiger partial charge in [0.15, 0.2) is 0 Å². The molecular weight excluding hydrogens is 182 g/mol. The van der Waals surface area contributed by atoms with Gasteiger partial charge < -0.3 is 5.32 Å². The van der Waals surface area contributed by atoms with Crippen molar-refractivity contribution in [2.75, 3.05) is 13.1 Å². The first-order valence-corrected chi connectivity index (χ1v) is 6.11. The minimum atomic E-state index is 0.487. The van der Waals surface area contributed by atoms with Crippen molar-refractivity contribution < 1.29 is 0 Å². The number of fused-ring (bicyclic) bond motifs is 2. The van der Waals surface area contributed by atoms with Gasteiger partial charge in [0, 0.05) is 12.0 Å². The van der Waals surface area contributed by atoms with Crippen molar-refractivity contribution >= 4 is 0 Å². The van der Waals surface area contributed by atoms with E-state index in [0.717, 1.165) is 0 Å². The van der Waals surface area contributed by atoms with Crippen molar-refractivity contribution in [1.82, 2.24) is 5.32 Å². The van der Waals surface area contributed by atoms with Crippen molar-refractivity contribution in [1.29, 1.82) is 0 Å². The monoisotopic (exact) mass is 201 g/mol. The van der Waals surface area contributed by atoms with Crippen LogP contribution in [-0.4, -0.2) is 13.1 Å². The number of hydrogen-bond acceptors (Lipinski definition) is 1. The molecule has 0 aromatic heterocycles. The molecule has 1 heterocycles. The molecule has 1 aromatic carbocycles. The summed E-state index contributed by atoms with van der Waals surface area (Å²) in [5.41, 5.74) is 5.16. The van der Waals surface area contributed by atoms with Gasteiger partial charge in [-0.1, -0.05) is 23.8 Å². The lowest BCUT2D eigenvalue weighted by Crippen LogP contribution is -2.33. The second-order valence-corrected chi connectivity index (χ2v) is 5.22. The summed E-state index contributed by atoms with van der Waals surface area (Å²) in [5.74, 6) is 0. The van der Waals surface area contributed by atoms with Crippen LogP contribution < -0.4 is 5.32 Å². The lowest BCUT2D eigenvalue weighted by Gasteiger charge is -2.35. The number of benzene rings is 1. The third-order valence-electron chi connectivity index (χ3n) is 4.18. The van der Waals surface area contributed by atoms with E-state index in [1.807, 2.05) is 0 Å². The van der Waals surface area contributed by atoms with E-state index in [0.29, 0.717) is 5.41 Å². The first kappa shape index (κ1) is 9.41. The normalized spacial score (nSPS) is 29.4. The Labute approximate surface area is 91.9 Å². The molecule has 1 unspecified atom stereocenters. The summed E-state index contributed by atoms with van der Waals surface area (Å²) < 4.78 is 0. The van der Waals surface area contributed by atoms with E-state index in [1.165, 1.54) is 44.3 Å². The van der Waals surface area contributed by atoms with Crippen molar-refractivity contribution in [3.63, 3.8) is 0 Å². The zero-order valence-corrected chi connectivity index (χ0v) is 9.47. The van der Waals surface area contributed by atoms with Crippen LogP contribution in [0.1, 0.15) is 36.0 Å². The largest absolute Gasteiger partial charge is 0.316 e. The predicted molar refractivity (Wildman–Crippen MR) is 63.3 cm³/mol. The highest BCUT2D eigenvalue weighted by Gasteiger charge is 2.38. The summed E-state index contributed by atoms with van der Waals surface area (Å²) in [7, 11) is 0. The van der Waals surface area contributed by atoms with Gasteiger partial charge in [0.1, 0.15) is 0 Å². The molecule has 1 saturated heterocycles. The fraction of sp³-hybridized carbons (Fsp3) is 0.571. The Balaban J connectivity index is 2.10. The van der Waals surface area contributed by atoms with Crippen molar-refractivity contribution in [3.05, 3.63) is 34.9 Å². The Kier molecular flexibility index (Phi) is 2.10. The number of nitrogens with one attached hydrogen (secondary N) is 1. The number of aryl methyl sites for hydroxylation is 2. The maximum absolute atomic E-state index is 3.54. The molecule has 15 heavy (non-hydrogen) atoms. The Morgan fingerprint density at radius 1 is 1.27 bits per heavy atom. The summed E-state index contributed by atoms with van der Waals surface area (Å²) in [6.45, 7) is 4.60. The third-order valence-corrected chi connectivity index (χ3v) is 4.18. The first-order chi connectivity index (χ1) is 7.30. The standard InChI is InChI=1S/C14H19N/c1-11-4-5-13-12(9-11)3-2-6-14(13)7-8-15-10-14/h4-5,9,15H,2-3,6-8,10H2,1H3. The number of hydrogen-bond donors (Lipinski definition) is 1. The summed E-state index contributed by atoms with van der Waals surface area (Å²) in [6.07, 6.45) is 5.38. The third kappa shape index (κ3) is 1.41. The highest BCUT2D eigenvalue weighted by Crippen LogP contribution is 2.41. The Morgan fingerprint density at radius 3 is 3.00 bits per heavy atom. The van der Waals surface area contributed by atoms with Crippen molar-refractivity contribution in [2.24, 2.45) is 0 Å². The molecule has 1 nitrogen and oxygen atoms in total. The molecule has 1 aromatic rings. The molecule has 1 N–H and O–H groups in total. The zero-order chi connectivity index (χ0) is 10.3. The van der Waals surface area contributed by atoms with E-state index in [1.54, 1.807) is 11.1 Å². The minimum Gasteiger partial charge on any atom is -0.316 e. The van der Waals surface area contributed by atoms with Crippen LogP contribution in [0.5, 0.6) is 0 Å². The van der Waals surface area contributed by atoms with Gasteiger partial charge in [0.05, 0.1) is 0 Å². The van der Waals surface area contributed by atoms with Crippen LogP contribution in [0.15, 0.2) is 18.2 Å². The van der Waals surface area contributed by atoms with E-state index >= 15 is 0 Å². The van der Waals surface area contributed by atoms with E-state index in [-0.39, 0.29) is 0 Å². The van der Waals surface area contributed by atoms with Crippen LogP contribution >= 0.6 is 0 Å². The highest BCUT2D eigenvalue weighted by molar-refractivity contribution is 5.40. The summed E-state index contributed by atoms with van der Waals surface area (Å²) in [5, 5.41) is 3.54. The molecule has 0 saturated carbocycles. The van der Waals surface area contributed by atoms with Gasteiger partial charge in [-0.2, -0.15) is 0 Å². The van der Waals surface area contributed by atoms with Crippen LogP contribution in [0.3, 0.4) is 0 Å². The molecule has 0 radical (unpaired) electrons.